The molecule has 3 N–H and O–H groups in total. The Kier molecular flexibility index (Phi) is 3.20. The average molecular weight is 249 g/mol. The zero-order valence-corrected chi connectivity index (χ0v) is 9.48. The molecule has 0 unspecified atom stereocenters. The van der Waals surface area contributed by atoms with Gasteiger partial charge < -0.3 is 5.73 Å². The summed E-state index contributed by atoms with van der Waals surface area (Å²) in [5.74, 6) is 0.171. The van der Waals surface area contributed by atoms with Gasteiger partial charge in [-0.1, -0.05) is 23.7 Å². The monoisotopic (exact) mass is 248 g/mol. The topological polar surface area (TPSA) is 80.9 Å². The van der Waals surface area contributed by atoms with E-state index in [9.17, 15) is 4.79 Å². The molecule has 0 radical (unpaired) electrons. The fraction of sp³-hybridized carbons (Fsp3) is 0. The number of hydrogen-bond acceptors (Lipinski definition) is 3. The Morgan fingerprint density at radius 1 is 1.24 bits per heavy atom. The van der Waals surface area contributed by atoms with Crippen molar-refractivity contribution in [3.63, 3.8) is 0 Å². The van der Waals surface area contributed by atoms with Crippen LogP contribution in [-0.4, -0.2) is 16.0 Å². The molecule has 5 nitrogen and oxygen atoms in total. The van der Waals surface area contributed by atoms with Gasteiger partial charge in [0.25, 0.3) is 0 Å². The van der Waals surface area contributed by atoms with Crippen LogP contribution in [0.15, 0.2) is 36.5 Å². The van der Waals surface area contributed by atoms with Crippen LogP contribution in [0.1, 0.15) is 0 Å². The Morgan fingerprint density at radius 2 is 1.94 bits per heavy atom. The van der Waals surface area contributed by atoms with Crippen molar-refractivity contribution >= 4 is 23.6 Å². The van der Waals surface area contributed by atoms with Crippen LogP contribution in [-0.2, 0) is 0 Å². The van der Waals surface area contributed by atoms with Gasteiger partial charge in [0.05, 0.1) is 5.69 Å². The number of anilines is 1. The van der Waals surface area contributed by atoms with Crippen LogP contribution in [0.4, 0.5) is 10.7 Å². The molecule has 6 heteroatoms. The molecule has 86 valence electrons. The molecule has 0 saturated heterocycles. The van der Waals surface area contributed by atoms with Crippen molar-refractivity contribution < 1.29 is 4.79 Å². The Bertz CT molecular complexity index is 541. The maximum atomic E-state index is 10.7. The number of carbonyl (C=O) groups excluding carboxylic acids is 1. The fourth-order valence-electron chi connectivity index (χ4n) is 1.31. The Labute approximate surface area is 103 Å². The molecule has 17 heavy (non-hydrogen) atoms. The zero-order valence-electron chi connectivity index (χ0n) is 8.72. The third kappa shape index (κ3) is 2.92. The molecular weight excluding hydrogens is 240 g/mol. The molecule has 0 atom stereocenters. The predicted octanol–water partition coefficient (Wildman–Crippen LogP) is 2.29. The van der Waals surface area contributed by atoms with E-state index >= 15 is 0 Å². The van der Waals surface area contributed by atoms with Crippen LogP contribution >= 0.6 is 11.6 Å². The van der Waals surface area contributed by atoms with E-state index in [1.165, 1.54) is 0 Å². The van der Waals surface area contributed by atoms with Gasteiger partial charge in [0.1, 0.15) is 0 Å². The van der Waals surface area contributed by atoms with Crippen LogP contribution in [0.3, 0.4) is 0 Å². The minimum absolute atomic E-state index is 0.171. The lowest BCUT2D eigenvalue weighted by atomic mass is 10.1. The first-order chi connectivity index (χ1) is 8.15. The molecule has 0 spiro atoms. The number of amides is 2. The van der Waals surface area contributed by atoms with Crippen molar-refractivity contribution in [1.82, 2.24) is 9.97 Å². The summed E-state index contributed by atoms with van der Waals surface area (Å²) in [5, 5.41) is 2.97. The molecule has 0 aliphatic carbocycles. The quantitative estimate of drug-likeness (QED) is 0.856. The Hall–Kier alpha value is -2.14. The first kappa shape index (κ1) is 11.3. The smallest absolute Gasteiger partial charge is 0.319 e. The van der Waals surface area contributed by atoms with Gasteiger partial charge in [0.15, 0.2) is 0 Å². The van der Waals surface area contributed by atoms with E-state index in [1.807, 2.05) is 12.1 Å². The van der Waals surface area contributed by atoms with E-state index in [0.717, 1.165) is 5.56 Å². The molecule has 0 fully saturated rings. The molecule has 0 saturated carbocycles. The largest absolute Gasteiger partial charge is 0.351 e. The second kappa shape index (κ2) is 4.80. The first-order valence-corrected chi connectivity index (χ1v) is 5.18. The lowest BCUT2D eigenvalue weighted by Gasteiger charge is -2.03. The Balaban J connectivity index is 2.32. The molecule has 2 rings (SSSR count). The van der Waals surface area contributed by atoms with Gasteiger partial charge in [0.2, 0.25) is 5.95 Å². The van der Waals surface area contributed by atoms with Gasteiger partial charge in [-0.15, -0.1) is 0 Å². The third-order valence-electron chi connectivity index (χ3n) is 2.03. The highest BCUT2D eigenvalue weighted by Crippen LogP contribution is 2.19. The number of carbonyl (C=O) groups is 1. The number of aromatic nitrogens is 2. The zero-order chi connectivity index (χ0) is 12.3. The van der Waals surface area contributed by atoms with Gasteiger partial charge in [-0.3, -0.25) is 5.32 Å². The summed E-state index contributed by atoms with van der Waals surface area (Å²) in [4.78, 5) is 18.7. The van der Waals surface area contributed by atoms with Crippen molar-refractivity contribution in [3.8, 4) is 11.3 Å². The molecule has 0 bridgehead atoms. The SMILES string of the molecule is NC(=O)Nc1nccc(-c2ccc(Cl)cc2)n1. The number of hydrogen-bond donors (Lipinski definition) is 2. The number of nitrogens with one attached hydrogen (secondary N) is 1. The van der Waals surface area contributed by atoms with Gasteiger partial charge in [-0.25, -0.2) is 14.8 Å². The predicted molar refractivity (Wildman–Crippen MR) is 65.7 cm³/mol. The van der Waals surface area contributed by atoms with Gasteiger partial charge in [-0.05, 0) is 18.2 Å². The standard InChI is InChI=1S/C11H9ClN4O/c12-8-3-1-7(2-4-8)9-5-6-14-11(15-9)16-10(13)17/h1-6H,(H3,13,14,15,16,17). The highest BCUT2D eigenvalue weighted by molar-refractivity contribution is 6.30. The van der Waals surface area contributed by atoms with E-state index in [1.54, 1.807) is 24.4 Å². The first-order valence-electron chi connectivity index (χ1n) is 4.80. The summed E-state index contributed by atoms with van der Waals surface area (Å²) < 4.78 is 0. The van der Waals surface area contributed by atoms with Crippen molar-refractivity contribution in [3.05, 3.63) is 41.6 Å². The molecule has 1 heterocycles. The van der Waals surface area contributed by atoms with Gasteiger partial charge >= 0.3 is 6.03 Å². The van der Waals surface area contributed by atoms with Crippen LogP contribution < -0.4 is 11.1 Å². The van der Waals surface area contributed by atoms with Gasteiger partial charge in [-0.2, -0.15) is 0 Å². The highest BCUT2D eigenvalue weighted by atomic mass is 35.5. The summed E-state index contributed by atoms with van der Waals surface area (Å²) in [7, 11) is 0. The number of nitrogens with two attached hydrogens (primary N) is 1. The minimum Gasteiger partial charge on any atom is -0.351 e. The maximum absolute atomic E-state index is 10.7. The van der Waals surface area contributed by atoms with E-state index in [-0.39, 0.29) is 5.95 Å². The van der Waals surface area contributed by atoms with Crippen LogP contribution in [0.2, 0.25) is 5.02 Å². The molecule has 0 aliphatic rings. The number of rotatable bonds is 2. The number of halogens is 1. The van der Waals surface area contributed by atoms with Crippen molar-refractivity contribution in [1.29, 1.82) is 0 Å². The molecule has 2 aromatic rings. The summed E-state index contributed by atoms with van der Waals surface area (Å²) in [6.45, 7) is 0. The number of benzene rings is 1. The Morgan fingerprint density at radius 3 is 2.59 bits per heavy atom. The molecule has 1 aromatic heterocycles. The minimum atomic E-state index is -0.696. The van der Waals surface area contributed by atoms with Crippen LogP contribution in [0, 0.1) is 0 Å². The summed E-state index contributed by atoms with van der Waals surface area (Å²) in [6, 6.07) is 8.23. The van der Waals surface area contributed by atoms with Crippen LogP contribution in [0.25, 0.3) is 11.3 Å². The molecule has 0 aliphatic heterocycles. The number of urea groups is 1. The lowest BCUT2D eigenvalue weighted by molar-refractivity contribution is 0.259. The average Bonchev–Trinajstić information content (AvgIpc) is 2.29. The van der Waals surface area contributed by atoms with Crippen molar-refractivity contribution in [2.75, 3.05) is 5.32 Å². The normalized spacial score (nSPS) is 9.94. The van der Waals surface area contributed by atoms with E-state index < -0.39 is 6.03 Å². The van der Waals surface area contributed by atoms with Crippen molar-refractivity contribution in [2.45, 2.75) is 0 Å². The third-order valence-corrected chi connectivity index (χ3v) is 2.28. The maximum Gasteiger partial charge on any atom is 0.319 e. The number of nitrogens with zero attached hydrogens (tertiary/aromatic N) is 2. The fourth-order valence-corrected chi connectivity index (χ4v) is 1.44. The highest BCUT2D eigenvalue weighted by Gasteiger charge is 2.03. The molecule has 1 aromatic carbocycles. The second-order valence-electron chi connectivity index (χ2n) is 3.26. The van der Waals surface area contributed by atoms with E-state index in [2.05, 4.69) is 15.3 Å². The van der Waals surface area contributed by atoms with Crippen LogP contribution in [0.5, 0.6) is 0 Å². The summed E-state index contributed by atoms with van der Waals surface area (Å²) in [5.41, 5.74) is 6.55. The van der Waals surface area contributed by atoms with E-state index in [0.29, 0.717) is 10.7 Å². The van der Waals surface area contributed by atoms with Gasteiger partial charge in [0, 0.05) is 16.8 Å². The van der Waals surface area contributed by atoms with E-state index in [4.69, 9.17) is 17.3 Å². The van der Waals surface area contributed by atoms with Crippen molar-refractivity contribution in [2.24, 2.45) is 5.73 Å². The second-order valence-corrected chi connectivity index (χ2v) is 3.70. The summed E-state index contributed by atoms with van der Waals surface area (Å²) in [6.07, 6.45) is 1.54. The molecule has 2 amide bonds. The lowest BCUT2D eigenvalue weighted by Crippen LogP contribution is -2.20. The summed E-state index contributed by atoms with van der Waals surface area (Å²) >= 11 is 5.79. The number of primary amides is 1. The molecular formula is C11H9ClN4O.